The van der Waals surface area contributed by atoms with Crippen molar-refractivity contribution in [1.29, 1.82) is 0 Å². The zero-order valence-electron chi connectivity index (χ0n) is 8.15. The zero-order chi connectivity index (χ0) is 11.3. The topological polar surface area (TPSA) is 76.1 Å². The Morgan fingerprint density at radius 2 is 2.27 bits per heavy atom. The number of nitrogens with one attached hydrogen (secondary N) is 1. The number of hydrogen-bond acceptors (Lipinski definition) is 5. The van der Waals surface area contributed by atoms with Gasteiger partial charge in [0.15, 0.2) is 10.9 Å². The molecule has 0 atom stereocenters. The van der Waals surface area contributed by atoms with Crippen molar-refractivity contribution in [3.05, 3.63) is 10.6 Å². The van der Waals surface area contributed by atoms with Crippen LogP contribution in [-0.2, 0) is 9.59 Å². The number of aryl methyl sites for hydroxylation is 1. The minimum absolute atomic E-state index is 0.161. The maximum Gasteiger partial charge on any atom is 0.213 e. The third kappa shape index (κ3) is 2.95. The van der Waals surface area contributed by atoms with Gasteiger partial charge in [-0.3, -0.25) is 9.59 Å². The van der Waals surface area contributed by atoms with Crippen molar-refractivity contribution < 1.29 is 14.4 Å². The molecule has 0 fully saturated rings. The fourth-order valence-corrected chi connectivity index (χ4v) is 1.87. The summed E-state index contributed by atoms with van der Waals surface area (Å²) >= 11 is 1.24. The summed E-state index contributed by atoms with van der Waals surface area (Å²) in [6.07, 6.45) is 1.57. The number of rotatable bonds is 6. The first kappa shape index (κ1) is 11.5. The van der Waals surface area contributed by atoms with Gasteiger partial charge in [0.2, 0.25) is 6.41 Å². The fourth-order valence-electron chi connectivity index (χ4n) is 1.08. The minimum Gasteiger partial charge on any atom is -0.305 e. The van der Waals surface area contributed by atoms with Gasteiger partial charge in [0.1, 0.15) is 12.0 Å². The van der Waals surface area contributed by atoms with Crippen LogP contribution in [-0.4, -0.2) is 23.5 Å². The lowest BCUT2D eigenvalue weighted by Gasteiger charge is -1.93. The molecule has 1 rings (SSSR count). The molecule has 1 aromatic rings. The molecule has 1 amide bonds. The van der Waals surface area contributed by atoms with Crippen molar-refractivity contribution >= 4 is 34.9 Å². The van der Waals surface area contributed by atoms with Gasteiger partial charge in [-0.25, -0.2) is 4.98 Å². The number of thiazole rings is 1. The molecule has 0 radical (unpaired) electrons. The van der Waals surface area contributed by atoms with E-state index in [1.165, 1.54) is 11.3 Å². The van der Waals surface area contributed by atoms with Crippen LogP contribution < -0.4 is 5.32 Å². The third-order valence-corrected chi connectivity index (χ3v) is 2.63. The summed E-state index contributed by atoms with van der Waals surface area (Å²) in [5, 5.41) is 2.78. The van der Waals surface area contributed by atoms with Crippen LogP contribution in [0.3, 0.4) is 0 Å². The summed E-state index contributed by atoms with van der Waals surface area (Å²) < 4.78 is 0. The van der Waals surface area contributed by atoms with E-state index in [1.807, 2.05) is 0 Å². The second-order valence-electron chi connectivity index (χ2n) is 2.81. The highest BCUT2D eigenvalue weighted by Gasteiger charge is 2.14. The molecule has 80 valence electrons. The summed E-state index contributed by atoms with van der Waals surface area (Å²) in [5.74, 6) is -0.171. The lowest BCUT2D eigenvalue weighted by molar-refractivity contribution is -0.108. The van der Waals surface area contributed by atoms with Gasteiger partial charge < -0.3 is 10.1 Å². The monoisotopic (exact) mass is 226 g/mol. The number of amides is 1. The van der Waals surface area contributed by atoms with E-state index in [0.29, 0.717) is 23.5 Å². The largest absolute Gasteiger partial charge is 0.305 e. The van der Waals surface area contributed by atoms with Gasteiger partial charge in [-0.05, 0) is 6.92 Å². The molecule has 1 aromatic heterocycles. The van der Waals surface area contributed by atoms with Crippen LogP contribution in [0.4, 0.5) is 5.13 Å². The molecule has 0 saturated carbocycles. The van der Waals surface area contributed by atoms with E-state index in [9.17, 15) is 14.4 Å². The summed E-state index contributed by atoms with van der Waals surface area (Å²) in [7, 11) is 0. The number of aldehydes is 1. The number of carbonyl (C=O) groups is 3. The van der Waals surface area contributed by atoms with Gasteiger partial charge in [-0.15, -0.1) is 11.3 Å². The third-order valence-electron chi connectivity index (χ3n) is 1.73. The van der Waals surface area contributed by atoms with Crippen LogP contribution >= 0.6 is 11.3 Å². The predicted octanol–water partition coefficient (Wildman–Crippen LogP) is 1.18. The smallest absolute Gasteiger partial charge is 0.213 e. The van der Waals surface area contributed by atoms with Crippen LogP contribution in [0.25, 0.3) is 0 Å². The van der Waals surface area contributed by atoms with Gasteiger partial charge >= 0.3 is 0 Å². The first-order valence-electron chi connectivity index (χ1n) is 4.33. The molecule has 0 aliphatic heterocycles. The molecule has 1 heterocycles. The molecular weight excluding hydrogens is 216 g/mol. The fraction of sp³-hybridized carbons (Fsp3) is 0.333. The standard InChI is InChI=1S/C9H10N2O3S/c1-6-8(7(14)3-2-4-12)11-9(15-6)10-5-13/h4-5H,2-3H2,1H3,(H,10,11,13). The maximum absolute atomic E-state index is 11.5. The normalized spacial score (nSPS) is 9.67. The van der Waals surface area contributed by atoms with E-state index in [2.05, 4.69) is 10.3 Å². The van der Waals surface area contributed by atoms with Gasteiger partial charge in [-0.1, -0.05) is 0 Å². The number of hydrogen-bond donors (Lipinski definition) is 1. The van der Waals surface area contributed by atoms with Gasteiger partial charge in [-0.2, -0.15) is 0 Å². The SMILES string of the molecule is Cc1sc(NC=O)nc1C(=O)CCC=O. The molecule has 0 aliphatic rings. The molecule has 5 nitrogen and oxygen atoms in total. The second kappa shape index (κ2) is 5.35. The van der Waals surface area contributed by atoms with Gasteiger partial charge in [0.25, 0.3) is 0 Å². The Labute approximate surface area is 90.5 Å². The molecular formula is C9H10N2O3S. The van der Waals surface area contributed by atoms with E-state index >= 15 is 0 Å². The molecule has 6 heteroatoms. The molecule has 15 heavy (non-hydrogen) atoms. The zero-order valence-corrected chi connectivity index (χ0v) is 8.97. The number of nitrogens with zero attached hydrogens (tertiary/aromatic N) is 1. The Morgan fingerprint density at radius 1 is 1.53 bits per heavy atom. The Morgan fingerprint density at radius 3 is 2.87 bits per heavy atom. The van der Waals surface area contributed by atoms with E-state index in [1.54, 1.807) is 6.92 Å². The highest BCUT2D eigenvalue weighted by Crippen LogP contribution is 2.22. The number of carbonyl (C=O) groups excluding carboxylic acids is 3. The molecule has 1 N–H and O–H groups in total. The maximum atomic E-state index is 11.5. The second-order valence-corrected chi connectivity index (χ2v) is 4.02. The highest BCUT2D eigenvalue weighted by molar-refractivity contribution is 7.16. The Balaban J connectivity index is 2.79. The van der Waals surface area contributed by atoms with Crippen molar-refractivity contribution in [2.75, 3.05) is 5.32 Å². The lowest BCUT2D eigenvalue weighted by Crippen LogP contribution is -2.02. The predicted molar refractivity (Wildman–Crippen MR) is 56.2 cm³/mol. The van der Waals surface area contributed by atoms with Gasteiger partial charge in [0.05, 0.1) is 0 Å². The molecule has 0 spiro atoms. The van der Waals surface area contributed by atoms with Crippen LogP contribution in [0.5, 0.6) is 0 Å². The Bertz CT molecular complexity index is 387. The number of anilines is 1. The molecule has 0 bridgehead atoms. The van der Waals surface area contributed by atoms with E-state index in [-0.39, 0.29) is 18.6 Å². The van der Waals surface area contributed by atoms with Crippen molar-refractivity contribution in [2.24, 2.45) is 0 Å². The first-order valence-corrected chi connectivity index (χ1v) is 5.15. The molecule has 0 saturated heterocycles. The number of Topliss-reactive ketones (excluding diaryl/α,β-unsaturated/α-hetero) is 1. The van der Waals surface area contributed by atoms with Crippen LogP contribution in [0.1, 0.15) is 28.2 Å². The van der Waals surface area contributed by atoms with Crippen LogP contribution in [0, 0.1) is 6.92 Å². The van der Waals surface area contributed by atoms with Crippen molar-refractivity contribution in [3.8, 4) is 0 Å². The Kier molecular flexibility index (Phi) is 4.11. The number of aromatic nitrogens is 1. The lowest BCUT2D eigenvalue weighted by atomic mass is 10.1. The molecule has 0 unspecified atom stereocenters. The van der Waals surface area contributed by atoms with Crippen molar-refractivity contribution in [1.82, 2.24) is 4.98 Å². The summed E-state index contributed by atoms with van der Waals surface area (Å²) in [6, 6.07) is 0. The molecule has 0 aromatic carbocycles. The average Bonchev–Trinajstić information content (AvgIpc) is 2.57. The number of ketones is 1. The summed E-state index contributed by atoms with van der Waals surface area (Å²) in [5.41, 5.74) is 0.339. The van der Waals surface area contributed by atoms with Gasteiger partial charge in [0, 0.05) is 17.7 Å². The Hall–Kier alpha value is -1.56. The van der Waals surface area contributed by atoms with Crippen molar-refractivity contribution in [3.63, 3.8) is 0 Å². The van der Waals surface area contributed by atoms with E-state index in [0.717, 1.165) is 4.88 Å². The quantitative estimate of drug-likeness (QED) is 0.583. The summed E-state index contributed by atoms with van der Waals surface area (Å²) in [4.78, 5) is 36.5. The average molecular weight is 226 g/mol. The molecule has 0 aliphatic carbocycles. The summed E-state index contributed by atoms with van der Waals surface area (Å²) in [6.45, 7) is 1.75. The van der Waals surface area contributed by atoms with Crippen LogP contribution in [0.15, 0.2) is 0 Å². The minimum atomic E-state index is -0.171. The van der Waals surface area contributed by atoms with Crippen molar-refractivity contribution in [2.45, 2.75) is 19.8 Å². The first-order chi connectivity index (χ1) is 7.19. The highest BCUT2D eigenvalue weighted by atomic mass is 32.1. The van der Waals surface area contributed by atoms with E-state index in [4.69, 9.17) is 0 Å². The van der Waals surface area contributed by atoms with E-state index < -0.39 is 0 Å². The van der Waals surface area contributed by atoms with Crippen LogP contribution in [0.2, 0.25) is 0 Å².